The summed E-state index contributed by atoms with van der Waals surface area (Å²) in [6.07, 6.45) is 8.91. The summed E-state index contributed by atoms with van der Waals surface area (Å²) in [6, 6.07) is 30.3. The summed E-state index contributed by atoms with van der Waals surface area (Å²) in [4.78, 5) is 17.7. The molecule has 3 aromatic carbocycles. The maximum atomic E-state index is 13.3. The van der Waals surface area contributed by atoms with Gasteiger partial charge in [-0.1, -0.05) is 117 Å². The number of methoxy groups -OCH3 is 1. The van der Waals surface area contributed by atoms with Crippen LogP contribution in [0.15, 0.2) is 104 Å². The molecule has 1 heterocycles. The zero-order chi connectivity index (χ0) is 25.9. The molecule has 37 heavy (non-hydrogen) atoms. The van der Waals surface area contributed by atoms with Crippen molar-refractivity contribution in [3.05, 3.63) is 126 Å². The van der Waals surface area contributed by atoms with Crippen LogP contribution in [0.4, 0.5) is 0 Å². The Kier molecular flexibility index (Phi) is 9.28. The van der Waals surface area contributed by atoms with E-state index < -0.39 is 11.6 Å². The highest BCUT2D eigenvalue weighted by Crippen LogP contribution is 2.37. The van der Waals surface area contributed by atoms with Gasteiger partial charge in [-0.25, -0.2) is 4.98 Å². The Labute approximate surface area is 220 Å². The van der Waals surface area contributed by atoms with Gasteiger partial charge in [-0.15, -0.1) is 0 Å². The monoisotopic (exact) mass is 495 g/mol. The first-order valence-electron chi connectivity index (χ1n) is 13.2. The number of imidazole rings is 1. The van der Waals surface area contributed by atoms with E-state index in [-0.39, 0.29) is 5.97 Å². The van der Waals surface area contributed by atoms with Gasteiger partial charge in [0.15, 0.2) is 0 Å². The highest BCUT2D eigenvalue weighted by atomic mass is 16.5. The third kappa shape index (κ3) is 6.17. The molecule has 1 atom stereocenters. The number of carbonyl (C=O) groups excluding carboxylic acids is 1. The van der Waals surface area contributed by atoms with Crippen LogP contribution in [0.3, 0.4) is 0 Å². The van der Waals surface area contributed by atoms with Gasteiger partial charge >= 0.3 is 5.97 Å². The Morgan fingerprint density at radius 1 is 0.865 bits per heavy atom. The second-order valence-corrected chi connectivity index (χ2v) is 9.41. The van der Waals surface area contributed by atoms with Crippen LogP contribution in [-0.2, 0) is 28.0 Å². The number of benzene rings is 3. The standard InChI is InChI=1S/C32H37N3O2/c1-3-4-5-15-22-35-25-33-24-29(35)23-30(31(36)37-2)34-32(26-16-9-6-10-17-26,27-18-11-7-12-19-27)28-20-13-8-14-21-28/h6-14,16-21,24-25,30,34H,3-5,15,22-23H2,1-2H3/t30-/m0/s1. The van der Waals surface area contributed by atoms with E-state index in [0.29, 0.717) is 6.42 Å². The van der Waals surface area contributed by atoms with Gasteiger partial charge in [0.25, 0.3) is 0 Å². The Bertz CT molecular complexity index is 1130. The minimum absolute atomic E-state index is 0.300. The second-order valence-electron chi connectivity index (χ2n) is 9.41. The van der Waals surface area contributed by atoms with Crippen LogP contribution in [0.1, 0.15) is 55.0 Å². The smallest absolute Gasteiger partial charge is 0.323 e. The van der Waals surface area contributed by atoms with Crippen molar-refractivity contribution in [1.82, 2.24) is 14.9 Å². The minimum atomic E-state index is -0.769. The lowest BCUT2D eigenvalue weighted by molar-refractivity contribution is -0.143. The maximum Gasteiger partial charge on any atom is 0.323 e. The molecule has 1 aromatic heterocycles. The molecule has 4 rings (SSSR count). The fourth-order valence-electron chi connectivity index (χ4n) is 5.05. The Hall–Kier alpha value is -3.70. The SMILES string of the molecule is CCCCCCn1cncc1C[C@H](NC(c1ccccc1)(c1ccccc1)c1ccccc1)C(=O)OC. The molecule has 0 spiro atoms. The van der Waals surface area contributed by atoms with Crippen molar-refractivity contribution < 1.29 is 9.53 Å². The van der Waals surface area contributed by atoms with E-state index in [9.17, 15) is 4.79 Å². The number of aromatic nitrogens is 2. The zero-order valence-corrected chi connectivity index (χ0v) is 21.8. The van der Waals surface area contributed by atoms with Gasteiger partial charge in [0.2, 0.25) is 0 Å². The molecule has 192 valence electrons. The van der Waals surface area contributed by atoms with E-state index in [1.165, 1.54) is 26.4 Å². The lowest BCUT2D eigenvalue weighted by Crippen LogP contribution is -2.53. The molecule has 0 fully saturated rings. The Morgan fingerprint density at radius 2 is 1.41 bits per heavy atom. The quantitative estimate of drug-likeness (QED) is 0.138. The largest absolute Gasteiger partial charge is 0.468 e. The van der Waals surface area contributed by atoms with Crippen molar-refractivity contribution in [1.29, 1.82) is 0 Å². The van der Waals surface area contributed by atoms with Crippen molar-refractivity contribution in [3.8, 4) is 0 Å². The number of hydrogen-bond donors (Lipinski definition) is 1. The normalized spacial score (nSPS) is 12.3. The number of aryl methyl sites for hydroxylation is 1. The molecular weight excluding hydrogens is 458 g/mol. The van der Waals surface area contributed by atoms with Crippen molar-refractivity contribution in [2.45, 2.75) is 57.2 Å². The predicted molar refractivity (Wildman–Crippen MR) is 148 cm³/mol. The molecule has 5 nitrogen and oxygen atoms in total. The Morgan fingerprint density at radius 3 is 1.89 bits per heavy atom. The highest BCUT2D eigenvalue weighted by molar-refractivity contribution is 5.76. The Balaban J connectivity index is 1.77. The second kappa shape index (κ2) is 13.0. The summed E-state index contributed by atoms with van der Waals surface area (Å²) < 4.78 is 7.51. The third-order valence-electron chi connectivity index (χ3n) is 6.96. The number of rotatable bonds is 13. The first-order chi connectivity index (χ1) is 18.2. The molecule has 0 aliphatic rings. The molecular formula is C32H37N3O2. The number of esters is 1. The molecule has 1 N–H and O–H groups in total. The van der Waals surface area contributed by atoms with Crippen LogP contribution in [0, 0.1) is 0 Å². The summed E-state index contributed by atoms with van der Waals surface area (Å²) in [6.45, 7) is 3.11. The van der Waals surface area contributed by atoms with Crippen molar-refractivity contribution in [2.24, 2.45) is 0 Å². The van der Waals surface area contributed by atoms with Gasteiger partial charge < -0.3 is 9.30 Å². The van der Waals surface area contributed by atoms with Gasteiger partial charge in [0, 0.05) is 24.9 Å². The van der Waals surface area contributed by atoms with Gasteiger partial charge in [-0.3, -0.25) is 10.1 Å². The van der Waals surface area contributed by atoms with Gasteiger partial charge in [0.05, 0.1) is 19.0 Å². The molecule has 0 amide bonds. The highest BCUT2D eigenvalue weighted by Gasteiger charge is 2.40. The van der Waals surface area contributed by atoms with Crippen LogP contribution in [0.2, 0.25) is 0 Å². The van der Waals surface area contributed by atoms with Crippen molar-refractivity contribution in [3.63, 3.8) is 0 Å². The fraction of sp³-hybridized carbons (Fsp3) is 0.312. The summed E-state index contributed by atoms with van der Waals surface area (Å²) in [5.74, 6) is -0.300. The molecule has 0 aliphatic heterocycles. The summed E-state index contributed by atoms with van der Waals surface area (Å²) in [7, 11) is 1.45. The van der Waals surface area contributed by atoms with E-state index in [0.717, 1.165) is 35.3 Å². The van der Waals surface area contributed by atoms with Gasteiger partial charge in [-0.05, 0) is 23.1 Å². The van der Waals surface area contributed by atoms with E-state index >= 15 is 0 Å². The maximum absolute atomic E-state index is 13.3. The van der Waals surface area contributed by atoms with Crippen molar-refractivity contribution >= 4 is 5.97 Å². The third-order valence-corrected chi connectivity index (χ3v) is 6.96. The fourth-order valence-corrected chi connectivity index (χ4v) is 5.05. The van der Waals surface area contributed by atoms with Crippen LogP contribution in [0.5, 0.6) is 0 Å². The summed E-state index contributed by atoms with van der Waals surface area (Å²) in [5.41, 5.74) is 3.40. The first-order valence-corrected chi connectivity index (χ1v) is 13.2. The summed E-state index contributed by atoms with van der Waals surface area (Å²) >= 11 is 0. The molecule has 0 unspecified atom stereocenters. The molecule has 5 heteroatoms. The van der Waals surface area contributed by atoms with Crippen LogP contribution in [-0.4, -0.2) is 28.7 Å². The lowest BCUT2D eigenvalue weighted by Gasteiger charge is -2.39. The summed E-state index contributed by atoms with van der Waals surface area (Å²) in [5, 5.41) is 3.79. The van der Waals surface area contributed by atoms with Gasteiger partial charge in [0.1, 0.15) is 6.04 Å². The van der Waals surface area contributed by atoms with Gasteiger partial charge in [-0.2, -0.15) is 0 Å². The topological polar surface area (TPSA) is 56.2 Å². The molecule has 0 saturated carbocycles. The average molecular weight is 496 g/mol. The number of ether oxygens (including phenoxy) is 1. The van der Waals surface area contributed by atoms with E-state index in [4.69, 9.17) is 4.74 Å². The number of hydrogen-bond acceptors (Lipinski definition) is 4. The van der Waals surface area contributed by atoms with Crippen LogP contribution < -0.4 is 5.32 Å². The number of nitrogens with zero attached hydrogens (tertiary/aromatic N) is 2. The van der Waals surface area contributed by atoms with Crippen LogP contribution in [0.25, 0.3) is 0 Å². The molecule has 4 aromatic rings. The average Bonchev–Trinajstić information content (AvgIpc) is 3.41. The van der Waals surface area contributed by atoms with Crippen LogP contribution >= 0.6 is 0 Å². The van der Waals surface area contributed by atoms with Crippen molar-refractivity contribution in [2.75, 3.05) is 7.11 Å². The van der Waals surface area contributed by atoms with E-state index in [1.54, 1.807) is 0 Å². The molecule has 0 aliphatic carbocycles. The first kappa shape index (κ1) is 26.4. The lowest BCUT2D eigenvalue weighted by atomic mass is 9.76. The number of nitrogens with one attached hydrogen (secondary N) is 1. The molecule has 0 radical (unpaired) electrons. The zero-order valence-electron chi connectivity index (χ0n) is 21.8. The van der Waals surface area contributed by atoms with E-state index in [2.05, 4.69) is 58.2 Å². The minimum Gasteiger partial charge on any atom is -0.468 e. The molecule has 0 saturated heterocycles. The number of carbonyl (C=O) groups is 1. The predicted octanol–water partition coefficient (Wildman–Crippen LogP) is 6.13. The number of unbranched alkanes of at least 4 members (excludes halogenated alkanes) is 3. The molecule has 0 bridgehead atoms. The van der Waals surface area contributed by atoms with E-state index in [1.807, 2.05) is 67.1 Å².